The number of hydrogen-bond donors (Lipinski definition) is 0. The van der Waals surface area contributed by atoms with Crippen molar-refractivity contribution in [2.75, 3.05) is 13.2 Å². The number of hydrogen-bond acceptors (Lipinski definition) is 8. The van der Waals surface area contributed by atoms with Gasteiger partial charge in [-0.05, 0) is 38.5 Å². The van der Waals surface area contributed by atoms with Gasteiger partial charge in [-0.25, -0.2) is 16.8 Å². The van der Waals surface area contributed by atoms with Crippen LogP contribution in [0.15, 0.2) is 24.3 Å². The van der Waals surface area contributed by atoms with E-state index < -0.39 is 20.8 Å². The van der Waals surface area contributed by atoms with Crippen molar-refractivity contribution in [2.45, 2.75) is 413 Å². The first kappa shape index (κ1) is 87.7. The quantitative estimate of drug-likeness (QED) is 0.0193. The molecule has 0 aromatic rings. The molecule has 0 aliphatic heterocycles. The second kappa shape index (κ2) is 73.2. The fourth-order valence-corrected chi connectivity index (χ4v) is 12.2. The van der Waals surface area contributed by atoms with Crippen LogP contribution in [0, 0.1) is 11.8 Å². The van der Waals surface area contributed by atoms with Crippen LogP contribution in [0.25, 0.3) is 0 Å². The van der Waals surface area contributed by atoms with Gasteiger partial charge in [0.15, 0.2) is 0 Å². The molecule has 0 rings (SSSR count). The molecule has 2 unspecified atom stereocenters. The standard InChI is InChI=1S/2C36H72O4S.Ca/c2*1-3-5-7-9-11-13-15-17-19-21-23-25-27-29-31-33-36(35-40-41(37,38)39)34-32-30-28-26-24-22-20-18-16-14-12-10-8-6-4-2;/h2*31,33,36H,3-30,32,34-35H2,1-2H3,(H,37,38,39);/q;;+2/p-2/b2*33-31+;. The number of allylic oxidation sites excluding steroid dienone is 2. The van der Waals surface area contributed by atoms with Gasteiger partial charge >= 0.3 is 37.7 Å². The average molecular weight is 1240 g/mol. The molecule has 83 heavy (non-hydrogen) atoms. The van der Waals surface area contributed by atoms with Crippen LogP contribution < -0.4 is 0 Å². The molecule has 11 heteroatoms. The molecule has 2 atom stereocenters. The number of rotatable bonds is 68. The summed E-state index contributed by atoms with van der Waals surface area (Å²) in [5.74, 6) is 0.0327. The molecule has 0 heterocycles. The molecule has 0 radical (unpaired) electrons. The largest absolute Gasteiger partial charge is 2.00 e. The third-order valence-electron chi connectivity index (χ3n) is 17.0. The molecule has 0 aliphatic carbocycles. The van der Waals surface area contributed by atoms with E-state index in [0.717, 1.165) is 38.5 Å². The Bertz CT molecular complexity index is 1380. The van der Waals surface area contributed by atoms with Crippen molar-refractivity contribution in [1.29, 1.82) is 0 Å². The molecular weight excluding hydrogens is 1100 g/mol. The Morgan fingerprint density at radius 2 is 0.422 bits per heavy atom. The van der Waals surface area contributed by atoms with E-state index in [1.807, 2.05) is 0 Å². The fourth-order valence-electron chi connectivity index (χ4n) is 11.5. The smallest absolute Gasteiger partial charge is 0.726 e. The molecular formula is C72H142CaO8S2. The third kappa shape index (κ3) is 82.5. The summed E-state index contributed by atoms with van der Waals surface area (Å²) in [5.41, 5.74) is 0. The van der Waals surface area contributed by atoms with Gasteiger partial charge in [-0.15, -0.1) is 0 Å². The van der Waals surface area contributed by atoms with E-state index in [9.17, 15) is 25.9 Å². The summed E-state index contributed by atoms with van der Waals surface area (Å²) < 4.78 is 75.0. The second-order valence-electron chi connectivity index (χ2n) is 25.3. The van der Waals surface area contributed by atoms with E-state index in [1.165, 1.54) is 347 Å². The Labute approximate surface area is 550 Å². The SMILES string of the molecule is CCCCCCCCCCCCCCC/C=C/C(CCCCCCCCCCCCCCCCC)COS(=O)(=O)[O-].CCCCCCCCCCCCCCC/C=C/C(CCCCCCCCCCCCCCCCC)COS(=O)(=O)[O-].[Ca+2]. The Balaban J connectivity index is -0.00000152. The molecule has 0 saturated carbocycles. The minimum atomic E-state index is -4.62. The van der Waals surface area contributed by atoms with Crippen LogP contribution in [0.3, 0.4) is 0 Å². The number of unbranched alkanes of at least 4 members (excludes halogenated alkanes) is 54. The minimum absolute atomic E-state index is 0. The van der Waals surface area contributed by atoms with E-state index in [0.29, 0.717) is 0 Å². The van der Waals surface area contributed by atoms with E-state index in [2.05, 4.69) is 60.4 Å². The van der Waals surface area contributed by atoms with E-state index in [-0.39, 0.29) is 62.8 Å². The predicted molar refractivity (Wildman–Crippen MR) is 362 cm³/mol. The van der Waals surface area contributed by atoms with E-state index in [4.69, 9.17) is 0 Å². The zero-order valence-electron chi connectivity index (χ0n) is 56.1. The van der Waals surface area contributed by atoms with Crippen LogP contribution in [0.4, 0.5) is 0 Å². The van der Waals surface area contributed by atoms with Crippen LogP contribution in [-0.2, 0) is 29.2 Å². The first-order chi connectivity index (χ1) is 40.0. The van der Waals surface area contributed by atoms with Crippen LogP contribution in [0.1, 0.15) is 413 Å². The van der Waals surface area contributed by atoms with Crippen molar-refractivity contribution >= 4 is 58.5 Å². The Kier molecular flexibility index (Phi) is 77.3. The first-order valence-electron chi connectivity index (χ1n) is 36.5. The Hall–Kier alpha value is 0.480. The van der Waals surface area contributed by atoms with Crippen molar-refractivity contribution < 1.29 is 34.3 Å². The third-order valence-corrected chi connectivity index (χ3v) is 17.8. The maximum atomic E-state index is 11.0. The molecule has 0 spiro atoms. The molecule has 492 valence electrons. The van der Waals surface area contributed by atoms with Gasteiger partial charge in [0.2, 0.25) is 20.8 Å². The zero-order valence-corrected chi connectivity index (χ0v) is 59.9. The van der Waals surface area contributed by atoms with E-state index in [1.54, 1.807) is 0 Å². The molecule has 0 fully saturated rings. The molecule has 0 aromatic heterocycles. The summed E-state index contributed by atoms with van der Waals surface area (Å²) in [5, 5.41) is 0. The van der Waals surface area contributed by atoms with Crippen LogP contribution in [0.5, 0.6) is 0 Å². The van der Waals surface area contributed by atoms with Crippen LogP contribution in [0.2, 0.25) is 0 Å². The minimum Gasteiger partial charge on any atom is -0.726 e. The molecule has 0 amide bonds. The molecule has 0 aliphatic rings. The van der Waals surface area contributed by atoms with Gasteiger partial charge in [0, 0.05) is 11.8 Å². The van der Waals surface area contributed by atoms with Crippen LogP contribution >= 0.6 is 0 Å². The van der Waals surface area contributed by atoms with Crippen LogP contribution in [-0.4, -0.2) is 76.9 Å². The fraction of sp³-hybridized carbons (Fsp3) is 0.944. The molecule has 8 nitrogen and oxygen atoms in total. The van der Waals surface area contributed by atoms with Crippen molar-refractivity contribution in [3.63, 3.8) is 0 Å². The van der Waals surface area contributed by atoms with Gasteiger partial charge in [0.05, 0.1) is 13.2 Å². The summed E-state index contributed by atoms with van der Waals surface area (Å²) in [4.78, 5) is 0. The Morgan fingerprint density at radius 3 is 0.590 bits per heavy atom. The monoisotopic (exact) mass is 1240 g/mol. The van der Waals surface area contributed by atoms with Crippen molar-refractivity contribution in [3.8, 4) is 0 Å². The predicted octanol–water partition coefficient (Wildman–Crippen LogP) is 24.4. The maximum absolute atomic E-state index is 11.0. The van der Waals surface area contributed by atoms with Crippen molar-refractivity contribution in [3.05, 3.63) is 24.3 Å². The zero-order chi connectivity index (χ0) is 60.2. The average Bonchev–Trinajstić information content (AvgIpc) is 3.45. The molecule has 0 N–H and O–H groups in total. The summed E-state index contributed by atoms with van der Waals surface area (Å²) in [6.45, 7) is 9.07. The normalized spacial score (nSPS) is 12.8. The molecule has 0 saturated heterocycles. The topological polar surface area (TPSA) is 133 Å². The maximum Gasteiger partial charge on any atom is 2.00 e. The Morgan fingerprint density at radius 1 is 0.265 bits per heavy atom. The van der Waals surface area contributed by atoms with Gasteiger partial charge in [0.25, 0.3) is 0 Å². The molecule has 0 bridgehead atoms. The molecule has 0 aromatic carbocycles. The summed E-state index contributed by atoms with van der Waals surface area (Å²) in [6, 6.07) is 0. The second-order valence-corrected chi connectivity index (χ2v) is 27.4. The van der Waals surface area contributed by atoms with Gasteiger partial charge in [-0.1, -0.05) is 399 Å². The first-order valence-corrected chi connectivity index (χ1v) is 39.2. The van der Waals surface area contributed by atoms with Gasteiger partial charge in [-0.2, -0.15) is 0 Å². The summed E-state index contributed by atoms with van der Waals surface area (Å²) >= 11 is 0. The van der Waals surface area contributed by atoms with Crippen molar-refractivity contribution in [1.82, 2.24) is 0 Å². The van der Waals surface area contributed by atoms with E-state index >= 15 is 0 Å². The van der Waals surface area contributed by atoms with Gasteiger partial charge in [-0.3, -0.25) is 8.37 Å². The summed E-state index contributed by atoms with van der Waals surface area (Å²) in [7, 11) is -9.25. The van der Waals surface area contributed by atoms with Crippen molar-refractivity contribution in [2.24, 2.45) is 11.8 Å². The summed E-state index contributed by atoms with van der Waals surface area (Å²) in [6.07, 6.45) is 87.7. The van der Waals surface area contributed by atoms with Gasteiger partial charge in [0.1, 0.15) is 0 Å². The van der Waals surface area contributed by atoms with Gasteiger partial charge < -0.3 is 9.11 Å².